The Labute approximate surface area is 132 Å². The van der Waals surface area contributed by atoms with E-state index in [1.54, 1.807) is 0 Å². The normalized spacial score (nSPS) is 19.7. The highest BCUT2D eigenvalue weighted by atomic mass is 15.3. The van der Waals surface area contributed by atoms with Crippen LogP contribution in [0.5, 0.6) is 0 Å². The molecule has 1 aliphatic heterocycles. The summed E-state index contributed by atoms with van der Waals surface area (Å²) >= 11 is 0. The molecule has 2 aromatic heterocycles. The molecule has 1 fully saturated rings. The molecule has 1 saturated heterocycles. The van der Waals surface area contributed by atoms with Crippen LogP contribution >= 0.6 is 0 Å². The molecule has 0 aliphatic carbocycles. The van der Waals surface area contributed by atoms with Gasteiger partial charge in [-0.25, -0.2) is 0 Å². The summed E-state index contributed by atoms with van der Waals surface area (Å²) in [5.74, 6) is 0.508. The molecule has 0 amide bonds. The highest BCUT2D eigenvalue weighted by Crippen LogP contribution is 2.27. The van der Waals surface area contributed by atoms with Gasteiger partial charge in [-0.3, -0.25) is 14.6 Å². The van der Waals surface area contributed by atoms with Crippen LogP contribution in [0.4, 0.5) is 0 Å². The van der Waals surface area contributed by atoms with E-state index in [1.165, 1.54) is 19.4 Å². The van der Waals surface area contributed by atoms with E-state index in [-0.39, 0.29) is 0 Å². The smallest absolute Gasteiger partial charge is 0.107 e. The van der Waals surface area contributed by atoms with Gasteiger partial charge in [-0.15, -0.1) is 0 Å². The van der Waals surface area contributed by atoms with Crippen LogP contribution in [0, 0.1) is 0 Å². The van der Waals surface area contributed by atoms with E-state index >= 15 is 0 Å². The van der Waals surface area contributed by atoms with Gasteiger partial charge in [0.25, 0.3) is 0 Å². The standard InChI is InChI=1S/C17H25N5/c1-4-22-17(7-8-20-22)16-11-18-15(10-19-16)14-6-5-9-21(12-14)13(2)3/h7-8,10-11,13-14H,4-6,9,12H2,1-3H3. The molecule has 3 rings (SSSR count). The zero-order valence-corrected chi connectivity index (χ0v) is 13.7. The van der Waals surface area contributed by atoms with Crippen molar-refractivity contribution in [2.75, 3.05) is 13.1 Å². The lowest BCUT2D eigenvalue weighted by molar-refractivity contribution is 0.166. The van der Waals surface area contributed by atoms with Gasteiger partial charge in [-0.2, -0.15) is 5.10 Å². The molecule has 5 heteroatoms. The predicted molar refractivity (Wildman–Crippen MR) is 87.6 cm³/mol. The maximum Gasteiger partial charge on any atom is 0.107 e. The fourth-order valence-corrected chi connectivity index (χ4v) is 3.20. The van der Waals surface area contributed by atoms with Gasteiger partial charge >= 0.3 is 0 Å². The Balaban J connectivity index is 1.77. The second-order valence-electron chi connectivity index (χ2n) is 6.29. The molecule has 0 aromatic carbocycles. The molecule has 0 bridgehead atoms. The fourth-order valence-electron chi connectivity index (χ4n) is 3.20. The summed E-state index contributed by atoms with van der Waals surface area (Å²) in [5.41, 5.74) is 3.06. The zero-order valence-electron chi connectivity index (χ0n) is 13.7. The van der Waals surface area contributed by atoms with Gasteiger partial charge in [-0.1, -0.05) is 0 Å². The van der Waals surface area contributed by atoms with E-state index in [0.717, 1.165) is 30.2 Å². The molecular weight excluding hydrogens is 274 g/mol. The van der Waals surface area contributed by atoms with Gasteiger partial charge in [-0.05, 0) is 46.2 Å². The SMILES string of the molecule is CCn1nccc1-c1cnc(C2CCCN(C(C)C)C2)cn1. The van der Waals surface area contributed by atoms with Crippen molar-refractivity contribution < 1.29 is 0 Å². The van der Waals surface area contributed by atoms with E-state index < -0.39 is 0 Å². The van der Waals surface area contributed by atoms with Crippen LogP contribution in [-0.4, -0.2) is 43.8 Å². The number of hydrogen-bond acceptors (Lipinski definition) is 4. The van der Waals surface area contributed by atoms with Crippen LogP contribution < -0.4 is 0 Å². The minimum absolute atomic E-state index is 0.508. The maximum absolute atomic E-state index is 4.70. The Bertz CT molecular complexity index is 602. The second kappa shape index (κ2) is 6.57. The minimum atomic E-state index is 0.508. The van der Waals surface area contributed by atoms with Gasteiger partial charge < -0.3 is 4.90 Å². The third kappa shape index (κ3) is 3.04. The average Bonchev–Trinajstić information content (AvgIpc) is 3.04. The minimum Gasteiger partial charge on any atom is -0.300 e. The van der Waals surface area contributed by atoms with E-state index in [1.807, 2.05) is 29.3 Å². The van der Waals surface area contributed by atoms with Crippen molar-refractivity contribution in [3.05, 3.63) is 30.4 Å². The molecule has 2 aromatic rings. The van der Waals surface area contributed by atoms with Crippen molar-refractivity contribution >= 4 is 0 Å². The topological polar surface area (TPSA) is 46.8 Å². The number of hydrogen-bond donors (Lipinski definition) is 0. The average molecular weight is 299 g/mol. The van der Waals surface area contributed by atoms with Crippen molar-refractivity contribution in [3.8, 4) is 11.4 Å². The first-order valence-corrected chi connectivity index (χ1v) is 8.27. The molecule has 22 heavy (non-hydrogen) atoms. The fraction of sp³-hybridized carbons (Fsp3) is 0.588. The van der Waals surface area contributed by atoms with Crippen molar-refractivity contribution in [2.24, 2.45) is 0 Å². The summed E-state index contributed by atoms with van der Waals surface area (Å²) in [6.45, 7) is 9.76. The first-order valence-electron chi connectivity index (χ1n) is 8.27. The molecule has 0 spiro atoms. The highest BCUT2D eigenvalue weighted by Gasteiger charge is 2.24. The number of nitrogens with zero attached hydrogens (tertiary/aromatic N) is 5. The van der Waals surface area contributed by atoms with Crippen LogP contribution in [0.3, 0.4) is 0 Å². The van der Waals surface area contributed by atoms with E-state index in [9.17, 15) is 0 Å². The summed E-state index contributed by atoms with van der Waals surface area (Å²) in [6, 6.07) is 2.60. The molecular formula is C17H25N5. The van der Waals surface area contributed by atoms with Crippen LogP contribution in [0.15, 0.2) is 24.7 Å². The Morgan fingerprint density at radius 1 is 1.27 bits per heavy atom. The summed E-state index contributed by atoms with van der Waals surface area (Å²) < 4.78 is 1.95. The summed E-state index contributed by atoms with van der Waals surface area (Å²) in [5, 5.41) is 4.29. The summed E-state index contributed by atoms with van der Waals surface area (Å²) in [7, 11) is 0. The van der Waals surface area contributed by atoms with Gasteiger partial charge in [0.1, 0.15) is 5.69 Å². The van der Waals surface area contributed by atoms with Crippen LogP contribution in [-0.2, 0) is 6.54 Å². The van der Waals surface area contributed by atoms with E-state index in [2.05, 4.69) is 35.8 Å². The molecule has 1 unspecified atom stereocenters. The molecule has 3 heterocycles. The molecule has 118 valence electrons. The monoisotopic (exact) mass is 299 g/mol. The Morgan fingerprint density at radius 2 is 2.14 bits per heavy atom. The lowest BCUT2D eigenvalue weighted by Crippen LogP contribution is -2.39. The molecule has 5 nitrogen and oxygen atoms in total. The third-order valence-corrected chi connectivity index (χ3v) is 4.55. The van der Waals surface area contributed by atoms with Crippen molar-refractivity contribution in [3.63, 3.8) is 0 Å². The second-order valence-corrected chi connectivity index (χ2v) is 6.29. The lowest BCUT2D eigenvalue weighted by Gasteiger charge is -2.35. The Morgan fingerprint density at radius 3 is 2.82 bits per heavy atom. The van der Waals surface area contributed by atoms with Crippen LogP contribution in [0.25, 0.3) is 11.4 Å². The van der Waals surface area contributed by atoms with Crippen LogP contribution in [0.2, 0.25) is 0 Å². The molecule has 0 radical (unpaired) electrons. The van der Waals surface area contributed by atoms with E-state index in [0.29, 0.717) is 12.0 Å². The largest absolute Gasteiger partial charge is 0.300 e. The maximum atomic E-state index is 4.70. The quantitative estimate of drug-likeness (QED) is 0.871. The summed E-state index contributed by atoms with van der Waals surface area (Å²) in [6.07, 6.45) is 8.12. The van der Waals surface area contributed by atoms with Gasteiger partial charge in [0.05, 0.1) is 17.6 Å². The van der Waals surface area contributed by atoms with Crippen molar-refractivity contribution in [2.45, 2.75) is 52.1 Å². The number of aromatic nitrogens is 4. The van der Waals surface area contributed by atoms with Gasteiger partial charge in [0.15, 0.2) is 0 Å². The lowest BCUT2D eigenvalue weighted by atomic mass is 9.94. The van der Waals surface area contributed by atoms with Gasteiger partial charge in [0.2, 0.25) is 0 Å². The molecule has 1 atom stereocenters. The number of rotatable bonds is 4. The summed E-state index contributed by atoms with van der Waals surface area (Å²) in [4.78, 5) is 11.9. The highest BCUT2D eigenvalue weighted by molar-refractivity contribution is 5.52. The molecule has 0 N–H and O–H groups in total. The first kappa shape index (κ1) is 15.2. The number of aryl methyl sites for hydroxylation is 1. The number of piperidine rings is 1. The predicted octanol–water partition coefficient (Wildman–Crippen LogP) is 2.95. The van der Waals surface area contributed by atoms with Gasteiger partial charge in [0, 0.05) is 37.4 Å². The third-order valence-electron chi connectivity index (χ3n) is 4.55. The Kier molecular flexibility index (Phi) is 4.52. The van der Waals surface area contributed by atoms with E-state index in [4.69, 9.17) is 4.98 Å². The first-order chi connectivity index (χ1) is 10.7. The number of likely N-dealkylation sites (tertiary alicyclic amines) is 1. The van der Waals surface area contributed by atoms with Crippen LogP contribution in [0.1, 0.15) is 45.2 Å². The molecule has 0 saturated carbocycles. The Hall–Kier alpha value is -1.75. The van der Waals surface area contributed by atoms with Crippen molar-refractivity contribution in [1.82, 2.24) is 24.6 Å². The van der Waals surface area contributed by atoms with Crippen molar-refractivity contribution in [1.29, 1.82) is 0 Å². The zero-order chi connectivity index (χ0) is 15.5. The molecule has 1 aliphatic rings.